The highest BCUT2D eigenvalue weighted by Gasteiger charge is 2.17. The fourth-order valence-electron chi connectivity index (χ4n) is 4.46. The summed E-state index contributed by atoms with van der Waals surface area (Å²) in [5.41, 5.74) is 2.44. The third-order valence-electron chi connectivity index (χ3n) is 6.44. The van der Waals surface area contributed by atoms with Gasteiger partial charge in [-0.15, -0.1) is 0 Å². The topological polar surface area (TPSA) is 78.9 Å². The average molecular weight is 710 g/mol. The number of fused-ring (bicyclic) bond motifs is 2. The Kier molecular flexibility index (Phi) is 8.19. The van der Waals surface area contributed by atoms with Crippen molar-refractivity contribution in [3.63, 3.8) is 0 Å². The van der Waals surface area contributed by atoms with Crippen molar-refractivity contribution in [3.8, 4) is 23.1 Å². The number of para-hydroxylation sites is 2. The number of hydrogen-bond donors (Lipinski definition) is 0. The third-order valence-corrected chi connectivity index (χ3v) is 7.83. The molecule has 0 unspecified atom stereocenters. The maximum absolute atomic E-state index is 13.6. The van der Waals surface area contributed by atoms with Crippen LogP contribution in [-0.2, 0) is 6.61 Å². The lowest BCUT2D eigenvalue weighted by Gasteiger charge is -2.15. The lowest BCUT2D eigenvalue weighted by molar-refractivity contribution is 0.267. The normalized spacial score (nSPS) is 11.5. The van der Waals surface area contributed by atoms with Gasteiger partial charge < -0.3 is 13.9 Å². The van der Waals surface area contributed by atoms with Gasteiger partial charge in [0, 0.05) is 21.0 Å². The molecule has 42 heavy (non-hydrogen) atoms. The smallest absolute Gasteiger partial charge is 0.282 e. The number of furan rings is 1. The van der Waals surface area contributed by atoms with Crippen LogP contribution in [0.4, 0.5) is 0 Å². The van der Waals surface area contributed by atoms with Crippen LogP contribution in [0.1, 0.15) is 18.1 Å². The van der Waals surface area contributed by atoms with Gasteiger partial charge in [-0.2, -0.15) is 9.78 Å². The number of nitrogens with zero attached hydrogens (tertiary/aromatic N) is 3. The van der Waals surface area contributed by atoms with Crippen LogP contribution in [0.2, 0.25) is 10.0 Å². The van der Waals surface area contributed by atoms with Crippen molar-refractivity contribution in [2.45, 2.75) is 13.5 Å². The molecule has 7 nitrogen and oxygen atoms in total. The van der Waals surface area contributed by atoms with Gasteiger partial charge in [-0.05, 0) is 83.6 Å². The SMILES string of the molecule is CCOc1cc(C=Nn2c(-c3cc4ccccc4o3)nc3ccccc3c2=O)cc(I)c1OCc1ccc(Cl)cc1Cl. The Morgan fingerprint density at radius 2 is 1.81 bits per heavy atom. The first-order chi connectivity index (χ1) is 20.4. The van der Waals surface area contributed by atoms with Crippen molar-refractivity contribution in [1.29, 1.82) is 0 Å². The zero-order valence-corrected chi connectivity index (χ0v) is 25.9. The van der Waals surface area contributed by atoms with E-state index in [0.29, 0.717) is 61.8 Å². The van der Waals surface area contributed by atoms with Crippen molar-refractivity contribution < 1.29 is 13.9 Å². The summed E-state index contributed by atoms with van der Waals surface area (Å²) in [5.74, 6) is 1.85. The van der Waals surface area contributed by atoms with Crippen molar-refractivity contribution in [2.75, 3.05) is 6.61 Å². The Morgan fingerprint density at radius 3 is 2.62 bits per heavy atom. The monoisotopic (exact) mass is 709 g/mol. The van der Waals surface area contributed by atoms with Gasteiger partial charge in [-0.25, -0.2) is 4.98 Å². The summed E-state index contributed by atoms with van der Waals surface area (Å²) in [6.45, 7) is 2.56. The Hall–Kier alpha value is -3.86. The van der Waals surface area contributed by atoms with Crippen LogP contribution >= 0.6 is 45.8 Å². The first-order valence-electron chi connectivity index (χ1n) is 13.0. The van der Waals surface area contributed by atoms with Gasteiger partial charge in [0.1, 0.15) is 12.2 Å². The number of aromatic nitrogens is 2. The molecule has 0 saturated heterocycles. The van der Waals surface area contributed by atoms with E-state index < -0.39 is 0 Å². The molecule has 0 aliphatic rings. The molecule has 10 heteroatoms. The number of benzene rings is 4. The molecule has 0 N–H and O–H groups in total. The second-order valence-electron chi connectivity index (χ2n) is 9.25. The predicted octanol–water partition coefficient (Wildman–Crippen LogP) is 8.58. The van der Waals surface area contributed by atoms with Crippen molar-refractivity contribution in [3.05, 3.63) is 120 Å². The van der Waals surface area contributed by atoms with Gasteiger partial charge in [-0.1, -0.05) is 59.6 Å². The zero-order valence-electron chi connectivity index (χ0n) is 22.2. The van der Waals surface area contributed by atoms with Crippen LogP contribution in [0, 0.1) is 3.57 Å². The van der Waals surface area contributed by atoms with E-state index in [4.69, 9.17) is 42.1 Å². The first-order valence-corrected chi connectivity index (χ1v) is 14.8. The summed E-state index contributed by atoms with van der Waals surface area (Å²) in [4.78, 5) is 18.4. The zero-order chi connectivity index (χ0) is 29.2. The maximum Gasteiger partial charge on any atom is 0.282 e. The molecule has 0 bridgehead atoms. The predicted molar refractivity (Wildman–Crippen MR) is 175 cm³/mol. The molecular formula is C32H22Cl2IN3O4. The standard InChI is InChI=1S/C32H22Cl2IN3O4/c1-2-40-28-14-19(13-25(35)30(28)41-18-21-11-12-22(33)16-24(21)34)17-36-38-31(29-15-20-7-3-6-10-27(20)42-29)37-26-9-5-4-8-23(26)32(38)39/h3-17H,2,18H2,1H3. The highest BCUT2D eigenvalue weighted by atomic mass is 127. The Bertz CT molecular complexity index is 2000. The fourth-order valence-corrected chi connectivity index (χ4v) is 5.71. The molecule has 6 rings (SSSR count). The third kappa shape index (κ3) is 5.74. The van der Waals surface area contributed by atoms with Crippen molar-refractivity contribution in [2.24, 2.45) is 5.10 Å². The van der Waals surface area contributed by atoms with E-state index in [0.717, 1.165) is 14.5 Å². The minimum absolute atomic E-state index is 0.235. The molecule has 2 aromatic heterocycles. The summed E-state index contributed by atoms with van der Waals surface area (Å²) >= 11 is 14.6. The summed E-state index contributed by atoms with van der Waals surface area (Å²) in [6.07, 6.45) is 1.59. The Balaban J connectivity index is 1.39. The van der Waals surface area contributed by atoms with Crippen LogP contribution in [0.15, 0.2) is 99.2 Å². The van der Waals surface area contributed by atoms with E-state index in [-0.39, 0.29) is 12.2 Å². The van der Waals surface area contributed by atoms with E-state index >= 15 is 0 Å². The van der Waals surface area contributed by atoms with Crippen LogP contribution < -0.4 is 15.0 Å². The minimum Gasteiger partial charge on any atom is -0.490 e. The Morgan fingerprint density at radius 1 is 1.00 bits per heavy atom. The van der Waals surface area contributed by atoms with E-state index in [9.17, 15) is 4.79 Å². The van der Waals surface area contributed by atoms with Gasteiger partial charge in [0.2, 0.25) is 5.82 Å². The van der Waals surface area contributed by atoms with Crippen molar-refractivity contribution in [1.82, 2.24) is 9.66 Å². The molecular weight excluding hydrogens is 688 g/mol. The molecule has 0 aliphatic heterocycles. The first kappa shape index (κ1) is 28.3. The highest BCUT2D eigenvalue weighted by molar-refractivity contribution is 14.1. The second kappa shape index (κ2) is 12.2. The summed E-state index contributed by atoms with van der Waals surface area (Å²) in [5, 5.41) is 7.01. The lowest BCUT2D eigenvalue weighted by atomic mass is 10.2. The minimum atomic E-state index is -0.313. The molecule has 0 amide bonds. The van der Waals surface area contributed by atoms with Crippen molar-refractivity contribution >= 4 is 73.9 Å². The summed E-state index contributed by atoms with van der Waals surface area (Å²) in [6, 6.07) is 25.6. The van der Waals surface area contributed by atoms with Crippen LogP contribution in [0.3, 0.4) is 0 Å². The van der Waals surface area contributed by atoms with E-state index in [1.54, 1.807) is 36.5 Å². The second-order valence-corrected chi connectivity index (χ2v) is 11.3. The largest absolute Gasteiger partial charge is 0.490 e. The molecule has 0 aliphatic carbocycles. The van der Waals surface area contributed by atoms with E-state index in [2.05, 4.69) is 27.7 Å². The van der Waals surface area contributed by atoms with E-state index in [1.807, 2.05) is 61.5 Å². The number of halogens is 3. The van der Waals surface area contributed by atoms with Gasteiger partial charge in [0.25, 0.3) is 5.56 Å². The van der Waals surface area contributed by atoms with Gasteiger partial charge >= 0.3 is 0 Å². The molecule has 210 valence electrons. The maximum atomic E-state index is 13.6. The van der Waals surface area contributed by atoms with Crippen LogP contribution in [0.5, 0.6) is 11.5 Å². The molecule has 0 atom stereocenters. The van der Waals surface area contributed by atoms with Gasteiger partial charge in [0.15, 0.2) is 17.3 Å². The molecule has 0 radical (unpaired) electrons. The Labute approximate surface area is 264 Å². The molecule has 0 spiro atoms. The molecule has 2 heterocycles. The number of hydrogen-bond acceptors (Lipinski definition) is 6. The average Bonchev–Trinajstić information content (AvgIpc) is 3.41. The molecule has 4 aromatic carbocycles. The van der Waals surface area contributed by atoms with Crippen LogP contribution in [0.25, 0.3) is 33.5 Å². The number of rotatable bonds is 8. The van der Waals surface area contributed by atoms with Gasteiger partial charge in [-0.3, -0.25) is 4.79 Å². The van der Waals surface area contributed by atoms with E-state index in [1.165, 1.54) is 4.68 Å². The summed E-state index contributed by atoms with van der Waals surface area (Å²) in [7, 11) is 0. The quantitative estimate of drug-likeness (QED) is 0.117. The highest BCUT2D eigenvalue weighted by Crippen LogP contribution is 2.35. The summed E-state index contributed by atoms with van der Waals surface area (Å²) < 4.78 is 20.2. The fraction of sp³-hybridized carbons (Fsp3) is 0.0938. The number of ether oxygens (including phenoxy) is 2. The molecule has 0 fully saturated rings. The lowest BCUT2D eigenvalue weighted by Crippen LogP contribution is -2.20. The van der Waals surface area contributed by atoms with Crippen LogP contribution in [-0.4, -0.2) is 22.5 Å². The van der Waals surface area contributed by atoms with Gasteiger partial charge in [0.05, 0.1) is 27.3 Å². The molecule has 0 saturated carbocycles. The molecule has 6 aromatic rings.